The highest BCUT2D eigenvalue weighted by atomic mass is 16.5. The van der Waals surface area contributed by atoms with E-state index in [9.17, 15) is 4.79 Å². The van der Waals surface area contributed by atoms with E-state index in [1.54, 1.807) is 16.2 Å². The number of nitrogens with one attached hydrogen (secondary N) is 1. The summed E-state index contributed by atoms with van der Waals surface area (Å²) in [7, 11) is 0. The number of para-hydroxylation sites is 1. The molecule has 0 bridgehead atoms. The second kappa shape index (κ2) is 5.30. The number of rotatable bonds is 3. The van der Waals surface area contributed by atoms with Gasteiger partial charge in [-0.3, -0.25) is 10.0 Å². The fraction of sp³-hybridized carbons (Fsp3) is 0.200. The van der Waals surface area contributed by atoms with Crippen LogP contribution in [0.4, 0.5) is 0 Å². The zero-order valence-electron chi connectivity index (χ0n) is 10.9. The number of aromatic nitrogens is 2. The van der Waals surface area contributed by atoms with E-state index < -0.39 is 5.91 Å². The van der Waals surface area contributed by atoms with Gasteiger partial charge < -0.3 is 0 Å². The zero-order valence-corrected chi connectivity index (χ0v) is 10.9. The van der Waals surface area contributed by atoms with E-state index in [2.05, 4.69) is 11.2 Å². The molecule has 0 aliphatic heterocycles. The molecule has 102 valence electrons. The number of allylic oxidation sites excluding steroid dienone is 2. The van der Waals surface area contributed by atoms with Crippen molar-refractivity contribution >= 4 is 11.5 Å². The predicted octanol–water partition coefficient (Wildman–Crippen LogP) is 2.56. The second-order valence-corrected chi connectivity index (χ2v) is 4.72. The molecule has 1 heterocycles. The van der Waals surface area contributed by atoms with Crippen molar-refractivity contribution in [3.8, 4) is 5.69 Å². The first-order chi connectivity index (χ1) is 9.79. The summed E-state index contributed by atoms with van der Waals surface area (Å²) in [5, 5.41) is 13.4. The van der Waals surface area contributed by atoms with E-state index in [1.165, 1.54) is 0 Å². The van der Waals surface area contributed by atoms with E-state index in [1.807, 2.05) is 30.3 Å². The highest BCUT2D eigenvalue weighted by Gasteiger charge is 2.19. The van der Waals surface area contributed by atoms with Crippen LogP contribution in [0.2, 0.25) is 0 Å². The Morgan fingerprint density at radius 1 is 1.30 bits per heavy atom. The molecule has 20 heavy (non-hydrogen) atoms. The van der Waals surface area contributed by atoms with Gasteiger partial charge in [0.1, 0.15) is 5.69 Å². The van der Waals surface area contributed by atoms with Crippen molar-refractivity contribution < 1.29 is 10.0 Å². The number of carbonyl (C=O) groups is 1. The predicted molar refractivity (Wildman–Crippen MR) is 74.6 cm³/mol. The fourth-order valence-electron chi connectivity index (χ4n) is 2.43. The summed E-state index contributed by atoms with van der Waals surface area (Å²) in [5.41, 5.74) is 4.74. The van der Waals surface area contributed by atoms with Gasteiger partial charge >= 0.3 is 0 Å². The van der Waals surface area contributed by atoms with Gasteiger partial charge in [-0.2, -0.15) is 5.10 Å². The van der Waals surface area contributed by atoms with Crippen LogP contribution in [0.5, 0.6) is 0 Å². The van der Waals surface area contributed by atoms with Crippen LogP contribution >= 0.6 is 0 Å². The van der Waals surface area contributed by atoms with Crippen molar-refractivity contribution in [3.63, 3.8) is 0 Å². The summed E-state index contributed by atoms with van der Waals surface area (Å²) < 4.78 is 1.56. The van der Waals surface area contributed by atoms with Crippen LogP contribution in [0.1, 0.15) is 35.4 Å². The van der Waals surface area contributed by atoms with Crippen LogP contribution in [-0.4, -0.2) is 20.9 Å². The van der Waals surface area contributed by atoms with Crippen LogP contribution in [0, 0.1) is 0 Å². The maximum atomic E-state index is 11.8. The van der Waals surface area contributed by atoms with Gasteiger partial charge in [0, 0.05) is 0 Å². The lowest BCUT2D eigenvalue weighted by molar-refractivity contribution is 0.0697. The molecule has 1 aliphatic carbocycles. The average Bonchev–Trinajstić information content (AvgIpc) is 3.16. The van der Waals surface area contributed by atoms with E-state index in [4.69, 9.17) is 5.21 Å². The summed E-state index contributed by atoms with van der Waals surface area (Å²) in [4.78, 5) is 11.8. The van der Waals surface area contributed by atoms with Gasteiger partial charge in [-0.05, 0) is 43.0 Å². The minimum Gasteiger partial charge on any atom is -0.288 e. The molecular weight excluding hydrogens is 254 g/mol. The first-order valence-electron chi connectivity index (χ1n) is 6.59. The van der Waals surface area contributed by atoms with Crippen LogP contribution < -0.4 is 5.48 Å². The minimum absolute atomic E-state index is 0.321. The highest BCUT2D eigenvalue weighted by molar-refractivity contribution is 5.93. The number of hydrogen-bond donors (Lipinski definition) is 2. The van der Waals surface area contributed by atoms with Gasteiger partial charge in [-0.25, -0.2) is 10.2 Å². The summed E-state index contributed by atoms with van der Waals surface area (Å²) in [6.07, 6.45) is 5.30. The van der Waals surface area contributed by atoms with Crippen LogP contribution in [-0.2, 0) is 0 Å². The lowest BCUT2D eigenvalue weighted by Crippen LogP contribution is -2.22. The Hall–Kier alpha value is -2.40. The lowest BCUT2D eigenvalue weighted by Gasteiger charge is -2.05. The number of nitrogens with zero attached hydrogens (tertiary/aromatic N) is 2. The maximum absolute atomic E-state index is 11.8. The molecule has 0 saturated heterocycles. The van der Waals surface area contributed by atoms with Crippen molar-refractivity contribution in [1.82, 2.24) is 15.3 Å². The van der Waals surface area contributed by atoms with Crippen LogP contribution in [0.3, 0.4) is 0 Å². The molecule has 1 aromatic carbocycles. The molecule has 0 radical (unpaired) electrons. The van der Waals surface area contributed by atoms with E-state index in [-0.39, 0.29) is 0 Å². The smallest absolute Gasteiger partial charge is 0.288 e. The van der Waals surface area contributed by atoms with Crippen molar-refractivity contribution in [2.75, 3.05) is 0 Å². The maximum Gasteiger partial charge on any atom is 0.293 e. The van der Waals surface area contributed by atoms with Gasteiger partial charge in [-0.15, -0.1) is 0 Å². The third-order valence-corrected chi connectivity index (χ3v) is 3.41. The molecule has 0 spiro atoms. The second-order valence-electron chi connectivity index (χ2n) is 4.72. The molecule has 1 amide bonds. The number of amides is 1. The summed E-state index contributed by atoms with van der Waals surface area (Å²) in [5.74, 6) is -0.564. The Kier molecular flexibility index (Phi) is 3.35. The summed E-state index contributed by atoms with van der Waals surface area (Å²) in [6, 6.07) is 11.1. The van der Waals surface area contributed by atoms with E-state index in [0.717, 1.165) is 36.2 Å². The third-order valence-electron chi connectivity index (χ3n) is 3.41. The Labute approximate surface area is 116 Å². The van der Waals surface area contributed by atoms with Crippen molar-refractivity contribution in [2.24, 2.45) is 0 Å². The van der Waals surface area contributed by atoms with E-state index in [0.29, 0.717) is 5.69 Å². The van der Waals surface area contributed by atoms with Crippen LogP contribution in [0.25, 0.3) is 11.3 Å². The SMILES string of the molecule is O=C(NO)c1cc(C2=CCCC2)nn1-c1ccccc1. The third kappa shape index (κ3) is 2.23. The Morgan fingerprint density at radius 2 is 2.10 bits per heavy atom. The molecule has 2 N–H and O–H groups in total. The molecule has 0 unspecified atom stereocenters. The van der Waals surface area contributed by atoms with Crippen LogP contribution in [0.15, 0.2) is 42.5 Å². The van der Waals surface area contributed by atoms with Gasteiger partial charge in [-0.1, -0.05) is 24.3 Å². The molecule has 0 atom stereocenters. The van der Waals surface area contributed by atoms with Gasteiger partial charge in [0.2, 0.25) is 0 Å². The summed E-state index contributed by atoms with van der Waals surface area (Å²) in [6.45, 7) is 0. The molecule has 5 heteroatoms. The molecule has 2 aromatic rings. The standard InChI is InChI=1S/C15H15N3O2/c19-15(17-20)14-10-13(11-6-4-5-7-11)16-18(14)12-8-2-1-3-9-12/h1-3,6,8-10,20H,4-5,7H2,(H,17,19). The molecule has 3 rings (SSSR count). The monoisotopic (exact) mass is 269 g/mol. The number of hydroxylamine groups is 1. The first kappa shape index (κ1) is 12.6. The Morgan fingerprint density at radius 3 is 2.75 bits per heavy atom. The normalized spacial score (nSPS) is 14.2. The largest absolute Gasteiger partial charge is 0.293 e. The Bertz CT molecular complexity index is 659. The summed E-state index contributed by atoms with van der Waals surface area (Å²) >= 11 is 0. The van der Waals surface area contributed by atoms with Crippen molar-refractivity contribution in [3.05, 3.63) is 53.9 Å². The quantitative estimate of drug-likeness (QED) is 0.664. The first-order valence-corrected chi connectivity index (χ1v) is 6.59. The number of benzene rings is 1. The number of carbonyl (C=O) groups excluding carboxylic acids is 1. The average molecular weight is 269 g/mol. The van der Waals surface area contributed by atoms with Gasteiger partial charge in [0.25, 0.3) is 5.91 Å². The highest BCUT2D eigenvalue weighted by Crippen LogP contribution is 2.28. The molecule has 1 aromatic heterocycles. The molecule has 0 fully saturated rings. The van der Waals surface area contributed by atoms with E-state index >= 15 is 0 Å². The molecule has 1 aliphatic rings. The van der Waals surface area contributed by atoms with Gasteiger partial charge in [0.15, 0.2) is 0 Å². The zero-order chi connectivity index (χ0) is 13.9. The van der Waals surface area contributed by atoms with Crippen molar-refractivity contribution in [2.45, 2.75) is 19.3 Å². The fourth-order valence-corrected chi connectivity index (χ4v) is 2.43. The van der Waals surface area contributed by atoms with Crippen molar-refractivity contribution in [1.29, 1.82) is 0 Å². The minimum atomic E-state index is -0.564. The lowest BCUT2D eigenvalue weighted by atomic mass is 10.1. The Balaban J connectivity index is 2.09. The molecule has 5 nitrogen and oxygen atoms in total. The molecular formula is C15H15N3O2. The van der Waals surface area contributed by atoms with Gasteiger partial charge in [0.05, 0.1) is 11.4 Å². The topological polar surface area (TPSA) is 67.2 Å². The molecule has 0 saturated carbocycles. The number of hydrogen-bond acceptors (Lipinski definition) is 3.